The average molecular weight is 339 g/mol. The van der Waals surface area contributed by atoms with E-state index in [4.69, 9.17) is 9.84 Å². The van der Waals surface area contributed by atoms with Gasteiger partial charge in [-0.15, -0.1) is 0 Å². The molecule has 1 rings (SSSR count). The van der Waals surface area contributed by atoms with Gasteiger partial charge in [-0.05, 0) is 34.1 Å². The molecule has 0 aromatic heterocycles. The third-order valence-corrected chi connectivity index (χ3v) is 3.46. The van der Waals surface area contributed by atoms with E-state index in [1.807, 2.05) is 0 Å². The standard InChI is InChI=1S/C10H8BrFO5S/c1-17-6-3-2-5(9(12)8(6)11)4-7(10(13)14)18(15)16/h2-4,18H,1H3,(H,13,14)/b7-4-. The van der Waals surface area contributed by atoms with Crippen molar-refractivity contribution < 1.29 is 27.4 Å². The molecule has 0 saturated carbocycles. The fourth-order valence-electron chi connectivity index (χ4n) is 1.16. The van der Waals surface area contributed by atoms with Crippen LogP contribution in [0.2, 0.25) is 0 Å². The Morgan fingerprint density at radius 2 is 2.11 bits per heavy atom. The first-order chi connectivity index (χ1) is 8.38. The maximum Gasteiger partial charge on any atom is 0.347 e. The van der Waals surface area contributed by atoms with Gasteiger partial charge in [-0.2, -0.15) is 0 Å². The Balaban J connectivity index is 3.39. The molecule has 0 radical (unpaired) electrons. The highest BCUT2D eigenvalue weighted by atomic mass is 79.9. The number of thiol groups is 1. The number of methoxy groups -OCH3 is 1. The van der Waals surface area contributed by atoms with Gasteiger partial charge in [-0.3, -0.25) is 0 Å². The molecular formula is C10H8BrFO5S. The first kappa shape index (κ1) is 14.7. The quantitative estimate of drug-likeness (QED) is 0.644. The molecule has 1 N–H and O–H groups in total. The molecule has 0 heterocycles. The van der Waals surface area contributed by atoms with E-state index >= 15 is 0 Å². The molecule has 98 valence electrons. The normalized spacial score (nSPS) is 11.7. The van der Waals surface area contributed by atoms with E-state index in [1.165, 1.54) is 19.2 Å². The maximum atomic E-state index is 13.8. The van der Waals surface area contributed by atoms with Crippen molar-refractivity contribution in [3.8, 4) is 5.75 Å². The van der Waals surface area contributed by atoms with Crippen molar-refractivity contribution in [1.29, 1.82) is 0 Å². The molecule has 0 aliphatic heterocycles. The van der Waals surface area contributed by atoms with Crippen LogP contribution in [0.5, 0.6) is 5.75 Å². The van der Waals surface area contributed by atoms with Crippen LogP contribution in [0.1, 0.15) is 5.56 Å². The highest BCUT2D eigenvalue weighted by Crippen LogP contribution is 2.30. The minimum atomic E-state index is -3.31. The van der Waals surface area contributed by atoms with E-state index in [0.717, 1.165) is 6.08 Å². The molecule has 0 saturated heterocycles. The lowest BCUT2D eigenvalue weighted by Crippen LogP contribution is -2.02. The van der Waals surface area contributed by atoms with Gasteiger partial charge in [0.15, 0.2) is 10.7 Å². The Morgan fingerprint density at radius 1 is 1.50 bits per heavy atom. The van der Waals surface area contributed by atoms with Crippen molar-refractivity contribution >= 4 is 38.7 Å². The largest absolute Gasteiger partial charge is 0.495 e. The molecule has 5 nitrogen and oxygen atoms in total. The molecule has 0 unspecified atom stereocenters. The van der Waals surface area contributed by atoms with Crippen LogP contribution in [0.4, 0.5) is 4.39 Å². The van der Waals surface area contributed by atoms with E-state index in [0.29, 0.717) is 0 Å². The van der Waals surface area contributed by atoms with Gasteiger partial charge in [-0.25, -0.2) is 17.6 Å². The number of aliphatic carboxylic acids is 1. The molecule has 0 aliphatic carbocycles. The summed E-state index contributed by atoms with van der Waals surface area (Å²) < 4.78 is 40.0. The van der Waals surface area contributed by atoms with Gasteiger partial charge in [0.25, 0.3) is 0 Å². The summed E-state index contributed by atoms with van der Waals surface area (Å²) in [5.74, 6) is -2.23. The number of hydrogen-bond acceptors (Lipinski definition) is 4. The number of carboxylic acids is 1. The molecule has 0 bridgehead atoms. The monoisotopic (exact) mass is 338 g/mol. The first-order valence-electron chi connectivity index (χ1n) is 4.49. The maximum absolute atomic E-state index is 13.8. The summed E-state index contributed by atoms with van der Waals surface area (Å²) in [6.45, 7) is 0. The van der Waals surface area contributed by atoms with Crippen molar-refractivity contribution in [1.82, 2.24) is 0 Å². The molecular weight excluding hydrogens is 331 g/mol. The summed E-state index contributed by atoms with van der Waals surface area (Å²) in [6.07, 6.45) is 0.744. The van der Waals surface area contributed by atoms with Crippen molar-refractivity contribution in [2.24, 2.45) is 0 Å². The van der Waals surface area contributed by atoms with E-state index in [2.05, 4.69) is 15.9 Å². The third-order valence-electron chi connectivity index (χ3n) is 2.00. The van der Waals surface area contributed by atoms with Crippen molar-refractivity contribution in [2.45, 2.75) is 0 Å². The number of halogens is 2. The van der Waals surface area contributed by atoms with Gasteiger partial charge in [0.2, 0.25) is 0 Å². The van der Waals surface area contributed by atoms with Crippen LogP contribution in [-0.4, -0.2) is 26.6 Å². The minimum Gasteiger partial charge on any atom is -0.495 e. The summed E-state index contributed by atoms with van der Waals surface area (Å²) >= 11 is 2.93. The van der Waals surface area contributed by atoms with Crippen LogP contribution >= 0.6 is 15.9 Å². The predicted octanol–water partition coefficient (Wildman–Crippen LogP) is 1.63. The summed E-state index contributed by atoms with van der Waals surface area (Å²) in [6, 6.07) is 2.61. The average Bonchev–Trinajstić information content (AvgIpc) is 2.30. The Morgan fingerprint density at radius 3 is 2.56 bits per heavy atom. The zero-order valence-corrected chi connectivity index (χ0v) is 11.5. The number of carbonyl (C=O) groups is 1. The zero-order valence-electron chi connectivity index (χ0n) is 9.02. The number of ether oxygens (including phenoxy) is 1. The van der Waals surface area contributed by atoms with Gasteiger partial charge in [0.1, 0.15) is 16.5 Å². The highest BCUT2D eigenvalue weighted by Gasteiger charge is 2.15. The fourth-order valence-corrected chi connectivity index (χ4v) is 2.08. The molecule has 1 aromatic carbocycles. The van der Waals surface area contributed by atoms with E-state index in [1.54, 1.807) is 0 Å². The van der Waals surface area contributed by atoms with Crippen LogP contribution in [0.25, 0.3) is 6.08 Å². The fraction of sp³-hybridized carbons (Fsp3) is 0.100. The van der Waals surface area contributed by atoms with Crippen molar-refractivity contribution in [3.05, 3.63) is 32.9 Å². The predicted molar refractivity (Wildman–Crippen MR) is 66.6 cm³/mol. The third kappa shape index (κ3) is 3.08. The van der Waals surface area contributed by atoms with Crippen LogP contribution in [0, 0.1) is 5.82 Å². The molecule has 0 atom stereocenters. The summed E-state index contributed by atoms with van der Waals surface area (Å²) in [7, 11) is -1.97. The molecule has 0 amide bonds. The lowest BCUT2D eigenvalue weighted by Gasteiger charge is -2.06. The van der Waals surface area contributed by atoms with Gasteiger partial charge in [-0.1, -0.05) is 0 Å². The Bertz CT molecular complexity index is 586. The van der Waals surface area contributed by atoms with E-state index in [9.17, 15) is 17.6 Å². The zero-order chi connectivity index (χ0) is 13.9. The Hall–Kier alpha value is -1.41. The lowest BCUT2D eigenvalue weighted by molar-refractivity contribution is -0.131. The van der Waals surface area contributed by atoms with Crippen molar-refractivity contribution in [3.63, 3.8) is 0 Å². The topological polar surface area (TPSA) is 80.7 Å². The van der Waals surface area contributed by atoms with Crippen molar-refractivity contribution in [2.75, 3.05) is 7.11 Å². The molecule has 1 aromatic rings. The molecule has 0 fully saturated rings. The van der Waals surface area contributed by atoms with Gasteiger partial charge in [0, 0.05) is 5.56 Å². The summed E-state index contributed by atoms with van der Waals surface area (Å²) in [5.41, 5.74) is -0.167. The summed E-state index contributed by atoms with van der Waals surface area (Å²) in [5, 5.41) is 8.65. The number of hydrogen-bond donors (Lipinski definition) is 2. The van der Waals surface area contributed by atoms with Crippen LogP contribution in [0.15, 0.2) is 21.5 Å². The molecule has 0 spiro atoms. The lowest BCUT2D eigenvalue weighted by atomic mass is 10.2. The van der Waals surface area contributed by atoms with E-state index < -0.39 is 27.4 Å². The van der Waals surface area contributed by atoms with Crippen LogP contribution < -0.4 is 4.74 Å². The van der Waals surface area contributed by atoms with Crippen LogP contribution in [0.3, 0.4) is 0 Å². The highest BCUT2D eigenvalue weighted by molar-refractivity contribution is 9.10. The van der Waals surface area contributed by atoms with Crippen LogP contribution in [-0.2, 0) is 15.5 Å². The Kier molecular flexibility index (Phi) is 4.85. The second-order valence-corrected chi connectivity index (χ2v) is 4.87. The smallest absolute Gasteiger partial charge is 0.347 e. The number of rotatable bonds is 4. The SMILES string of the molecule is COc1ccc(/C=C(/C(=O)O)[SH](=O)=O)c(F)c1Br. The van der Waals surface area contributed by atoms with Gasteiger partial charge >= 0.3 is 5.97 Å². The second kappa shape index (κ2) is 5.96. The summed E-state index contributed by atoms with van der Waals surface area (Å²) in [4.78, 5) is 9.77. The Labute approximate surface area is 112 Å². The second-order valence-electron chi connectivity index (χ2n) is 3.08. The minimum absolute atomic E-state index is 0.00962. The van der Waals surface area contributed by atoms with Gasteiger partial charge in [0.05, 0.1) is 11.6 Å². The van der Waals surface area contributed by atoms with Gasteiger partial charge < -0.3 is 9.84 Å². The molecule has 8 heteroatoms. The molecule has 18 heavy (non-hydrogen) atoms. The number of benzene rings is 1. The number of carboxylic acid groups (broad SMARTS) is 1. The van der Waals surface area contributed by atoms with E-state index in [-0.39, 0.29) is 15.8 Å². The molecule has 0 aliphatic rings. The first-order valence-corrected chi connectivity index (χ1v) is 6.47.